The second kappa shape index (κ2) is 9.57. The van der Waals surface area contributed by atoms with E-state index in [1.54, 1.807) is 0 Å². The van der Waals surface area contributed by atoms with Crippen molar-refractivity contribution < 1.29 is 28.7 Å². The molecule has 1 heterocycles. The summed E-state index contributed by atoms with van der Waals surface area (Å²) in [5.41, 5.74) is 0. The number of likely N-dealkylation sites (tertiary alicyclic amines) is 1. The summed E-state index contributed by atoms with van der Waals surface area (Å²) < 4.78 is 5.15. The van der Waals surface area contributed by atoms with Crippen molar-refractivity contribution in [1.82, 2.24) is 15.5 Å². The Kier molecular flexibility index (Phi) is 7.10. The average molecular weight is 421 g/mol. The molecule has 3 fully saturated rings. The predicted molar refractivity (Wildman–Crippen MR) is 106 cm³/mol. The summed E-state index contributed by atoms with van der Waals surface area (Å²) in [4.78, 5) is 62.9. The van der Waals surface area contributed by atoms with E-state index in [0.717, 1.165) is 49.8 Å². The summed E-state index contributed by atoms with van der Waals surface area (Å²) in [6.45, 7) is 2.77. The molecule has 30 heavy (non-hydrogen) atoms. The van der Waals surface area contributed by atoms with Gasteiger partial charge in [0.05, 0.1) is 11.8 Å². The highest BCUT2D eigenvalue weighted by Gasteiger charge is 2.51. The van der Waals surface area contributed by atoms with E-state index >= 15 is 0 Å². The van der Waals surface area contributed by atoms with E-state index in [4.69, 9.17) is 4.74 Å². The molecule has 2 N–H and O–H groups in total. The molecule has 5 amide bonds. The number of fused-ring (bicyclic) bond motifs is 1. The number of nitrogens with one attached hydrogen (secondary N) is 2. The quantitative estimate of drug-likeness (QED) is 0.514. The number of ether oxygens (including phenoxy) is 1. The summed E-state index contributed by atoms with van der Waals surface area (Å²) in [6.07, 6.45) is 6.86. The topological polar surface area (TPSA) is 122 Å². The van der Waals surface area contributed by atoms with Crippen molar-refractivity contribution in [3.05, 3.63) is 0 Å². The van der Waals surface area contributed by atoms with Crippen LogP contribution in [0.1, 0.15) is 71.6 Å². The van der Waals surface area contributed by atoms with Gasteiger partial charge >= 0.3 is 12.0 Å². The molecule has 2 saturated carbocycles. The first-order chi connectivity index (χ1) is 14.3. The van der Waals surface area contributed by atoms with E-state index in [-0.39, 0.29) is 29.7 Å². The number of nitrogens with zero attached hydrogens (tertiary/aromatic N) is 1. The SMILES string of the molecule is C[C@H](OC(=O)[C@H](C)N1C(=O)[C@H]2CCCC[C@@H]2C1=O)C(=O)NC(=O)NC1CCCCC1. The highest BCUT2D eigenvalue weighted by atomic mass is 16.5. The summed E-state index contributed by atoms with van der Waals surface area (Å²) in [5, 5.41) is 4.94. The molecule has 0 aromatic heterocycles. The summed E-state index contributed by atoms with van der Waals surface area (Å²) >= 11 is 0. The Labute approximate surface area is 176 Å². The van der Waals surface area contributed by atoms with Gasteiger partial charge in [0.1, 0.15) is 6.04 Å². The van der Waals surface area contributed by atoms with Crippen LogP contribution in [0.2, 0.25) is 0 Å². The molecule has 3 rings (SSSR count). The number of hydrogen-bond donors (Lipinski definition) is 2. The molecule has 0 bridgehead atoms. The Balaban J connectivity index is 1.50. The van der Waals surface area contributed by atoms with Crippen LogP contribution in [-0.4, -0.2) is 52.8 Å². The molecule has 166 valence electrons. The first kappa shape index (κ1) is 22.2. The maximum absolute atomic E-state index is 12.6. The Morgan fingerprint density at radius 2 is 1.43 bits per heavy atom. The van der Waals surface area contributed by atoms with Gasteiger partial charge in [-0.2, -0.15) is 0 Å². The lowest BCUT2D eigenvalue weighted by molar-refractivity contribution is -0.163. The van der Waals surface area contributed by atoms with E-state index < -0.39 is 30.1 Å². The van der Waals surface area contributed by atoms with Crippen LogP contribution in [0.3, 0.4) is 0 Å². The van der Waals surface area contributed by atoms with Gasteiger partial charge in [-0.05, 0) is 39.5 Å². The van der Waals surface area contributed by atoms with Gasteiger partial charge in [0, 0.05) is 6.04 Å². The Morgan fingerprint density at radius 1 is 0.900 bits per heavy atom. The minimum Gasteiger partial charge on any atom is -0.451 e. The molecule has 9 heteroatoms. The molecule has 0 spiro atoms. The third kappa shape index (κ3) is 4.82. The number of rotatable bonds is 5. The fourth-order valence-corrected chi connectivity index (χ4v) is 4.68. The van der Waals surface area contributed by atoms with Crippen molar-refractivity contribution in [2.45, 2.75) is 89.8 Å². The predicted octanol–water partition coefficient (Wildman–Crippen LogP) is 1.64. The Morgan fingerprint density at radius 3 is 2.00 bits per heavy atom. The molecule has 0 aromatic carbocycles. The maximum Gasteiger partial charge on any atom is 0.329 e. The molecule has 4 atom stereocenters. The first-order valence-corrected chi connectivity index (χ1v) is 11.0. The smallest absolute Gasteiger partial charge is 0.329 e. The van der Waals surface area contributed by atoms with E-state index in [1.165, 1.54) is 13.8 Å². The number of carbonyl (C=O) groups excluding carboxylic acids is 5. The lowest BCUT2D eigenvalue weighted by Crippen LogP contribution is -2.50. The normalized spacial score (nSPS) is 26.5. The molecule has 3 aliphatic rings. The van der Waals surface area contributed by atoms with E-state index in [1.807, 2.05) is 0 Å². The molecule has 0 unspecified atom stereocenters. The second-order valence-electron chi connectivity index (χ2n) is 8.60. The van der Waals surface area contributed by atoms with Gasteiger partial charge in [-0.1, -0.05) is 32.1 Å². The monoisotopic (exact) mass is 421 g/mol. The van der Waals surface area contributed by atoms with Crippen molar-refractivity contribution in [3.63, 3.8) is 0 Å². The van der Waals surface area contributed by atoms with E-state index in [0.29, 0.717) is 12.8 Å². The number of hydrogen-bond acceptors (Lipinski definition) is 6. The Hall–Kier alpha value is -2.45. The lowest BCUT2D eigenvalue weighted by atomic mass is 9.81. The summed E-state index contributed by atoms with van der Waals surface area (Å²) in [7, 11) is 0. The van der Waals surface area contributed by atoms with Crippen molar-refractivity contribution in [2.75, 3.05) is 0 Å². The fourth-order valence-electron chi connectivity index (χ4n) is 4.68. The molecule has 0 aromatic rings. The molecular weight excluding hydrogens is 390 g/mol. The van der Waals surface area contributed by atoms with E-state index in [9.17, 15) is 24.0 Å². The van der Waals surface area contributed by atoms with Gasteiger partial charge in [0.15, 0.2) is 6.10 Å². The van der Waals surface area contributed by atoms with Crippen molar-refractivity contribution in [1.29, 1.82) is 0 Å². The highest BCUT2D eigenvalue weighted by molar-refractivity contribution is 6.08. The maximum atomic E-state index is 12.6. The van der Waals surface area contributed by atoms with Crippen LogP contribution in [0.25, 0.3) is 0 Å². The molecule has 9 nitrogen and oxygen atoms in total. The largest absolute Gasteiger partial charge is 0.451 e. The number of carbonyl (C=O) groups is 5. The van der Waals surface area contributed by atoms with Crippen molar-refractivity contribution in [3.8, 4) is 0 Å². The standard InChI is InChI=1S/C21H31N3O6/c1-12(24-18(26)15-10-6-7-11-16(15)19(24)27)20(28)30-13(2)17(25)23-21(29)22-14-8-4-3-5-9-14/h12-16H,3-11H2,1-2H3,(H2,22,23,25,29)/t12-,13-,15-,16-/m0/s1. The second-order valence-corrected chi connectivity index (χ2v) is 8.60. The highest BCUT2D eigenvalue weighted by Crippen LogP contribution is 2.38. The number of esters is 1. The molecule has 1 saturated heterocycles. The van der Waals surface area contributed by atoms with Crippen LogP contribution in [0.15, 0.2) is 0 Å². The summed E-state index contributed by atoms with van der Waals surface area (Å²) in [5.74, 6) is -2.98. The van der Waals surface area contributed by atoms with Gasteiger partial charge in [-0.15, -0.1) is 0 Å². The van der Waals surface area contributed by atoms with E-state index in [2.05, 4.69) is 10.6 Å². The van der Waals surface area contributed by atoms with Crippen LogP contribution in [-0.2, 0) is 23.9 Å². The molecule has 2 aliphatic carbocycles. The molecule has 1 aliphatic heterocycles. The molecule has 0 radical (unpaired) electrons. The number of amides is 5. The van der Waals surface area contributed by atoms with Crippen LogP contribution in [0.5, 0.6) is 0 Å². The van der Waals surface area contributed by atoms with Gasteiger partial charge in [-0.25, -0.2) is 9.59 Å². The van der Waals surface area contributed by atoms with Gasteiger partial charge < -0.3 is 10.1 Å². The van der Waals surface area contributed by atoms with Gasteiger partial charge in [0.2, 0.25) is 11.8 Å². The number of urea groups is 1. The molecular formula is C21H31N3O6. The minimum atomic E-state index is -1.23. The van der Waals surface area contributed by atoms with Crippen LogP contribution in [0, 0.1) is 11.8 Å². The van der Waals surface area contributed by atoms with Crippen LogP contribution < -0.4 is 10.6 Å². The Bertz CT molecular complexity index is 694. The van der Waals surface area contributed by atoms with Crippen molar-refractivity contribution in [2.24, 2.45) is 11.8 Å². The minimum absolute atomic E-state index is 0.0418. The third-order valence-electron chi connectivity index (χ3n) is 6.44. The third-order valence-corrected chi connectivity index (χ3v) is 6.44. The summed E-state index contributed by atoms with van der Waals surface area (Å²) in [6, 6.07) is -1.68. The van der Waals surface area contributed by atoms with Crippen LogP contribution >= 0.6 is 0 Å². The lowest BCUT2D eigenvalue weighted by Gasteiger charge is -2.24. The zero-order valence-corrected chi connectivity index (χ0v) is 17.6. The average Bonchev–Trinajstić information content (AvgIpc) is 2.98. The fraction of sp³-hybridized carbons (Fsp3) is 0.762. The van der Waals surface area contributed by atoms with Gasteiger partial charge in [0.25, 0.3) is 5.91 Å². The zero-order chi connectivity index (χ0) is 21.8. The zero-order valence-electron chi connectivity index (χ0n) is 17.6. The van der Waals surface area contributed by atoms with Crippen molar-refractivity contribution >= 4 is 29.7 Å². The number of imide groups is 2. The first-order valence-electron chi connectivity index (χ1n) is 11.0. The van der Waals surface area contributed by atoms with Crippen LogP contribution in [0.4, 0.5) is 4.79 Å². The van der Waals surface area contributed by atoms with Gasteiger partial charge in [-0.3, -0.25) is 24.6 Å².